The molecule has 1 amide bonds. The SMILES string of the molecule is Cc1ccc(C)c(NC(=O)C(C)Sc2nc3nc(C)cc(C)n3n2)c1. The van der Waals surface area contributed by atoms with Gasteiger partial charge in [0.15, 0.2) is 0 Å². The van der Waals surface area contributed by atoms with Crippen molar-refractivity contribution in [3.05, 3.63) is 46.8 Å². The number of aromatic nitrogens is 4. The van der Waals surface area contributed by atoms with Crippen LogP contribution in [0.4, 0.5) is 5.69 Å². The summed E-state index contributed by atoms with van der Waals surface area (Å²) >= 11 is 1.33. The molecule has 1 aromatic carbocycles. The van der Waals surface area contributed by atoms with Crippen LogP contribution in [0, 0.1) is 27.7 Å². The number of benzene rings is 1. The molecule has 7 heteroatoms. The fourth-order valence-corrected chi connectivity index (χ4v) is 3.26. The Labute approximate surface area is 151 Å². The Morgan fingerprint density at radius 1 is 1.16 bits per heavy atom. The lowest BCUT2D eigenvalue weighted by atomic mass is 10.1. The second-order valence-electron chi connectivity index (χ2n) is 6.21. The van der Waals surface area contributed by atoms with Gasteiger partial charge in [0.25, 0.3) is 5.78 Å². The van der Waals surface area contributed by atoms with Crippen LogP contribution in [0.15, 0.2) is 29.4 Å². The van der Waals surface area contributed by atoms with Gasteiger partial charge in [-0.25, -0.2) is 9.50 Å². The number of nitrogens with zero attached hydrogens (tertiary/aromatic N) is 4. The Hall–Kier alpha value is -2.41. The maximum atomic E-state index is 12.5. The molecule has 0 fully saturated rings. The molecule has 130 valence electrons. The van der Waals surface area contributed by atoms with Crippen LogP contribution < -0.4 is 5.32 Å². The molecule has 0 bridgehead atoms. The molecule has 2 heterocycles. The second-order valence-corrected chi connectivity index (χ2v) is 7.52. The molecular formula is C18H21N5OS. The van der Waals surface area contributed by atoms with Crippen LogP contribution >= 0.6 is 11.8 Å². The molecule has 0 spiro atoms. The highest BCUT2D eigenvalue weighted by Crippen LogP contribution is 2.23. The zero-order chi connectivity index (χ0) is 18.1. The third-order valence-corrected chi connectivity index (χ3v) is 4.85. The van der Waals surface area contributed by atoms with Crippen molar-refractivity contribution < 1.29 is 4.79 Å². The van der Waals surface area contributed by atoms with E-state index in [0.717, 1.165) is 28.2 Å². The highest BCUT2D eigenvalue weighted by Gasteiger charge is 2.19. The smallest absolute Gasteiger partial charge is 0.253 e. The predicted octanol–water partition coefficient (Wildman–Crippen LogP) is 3.48. The average molecular weight is 355 g/mol. The summed E-state index contributed by atoms with van der Waals surface area (Å²) in [7, 11) is 0. The minimum atomic E-state index is -0.321. The zero-order valence-corrected chi connectivity index (χ0v) is 15.8. The summed E-state index contributed by atoms with van der Waals surface area (Å²) < 4.78 is 1.70. The number of thioether (sulfide) groups is 1. The van der Waals surface area contributed by atoms with Gasteiger partial charge in [0, 0.05) is 17.1 Å². The van der Waals surface area contributed by atoms with Gasteiger partial charge in [0.2, 0.25) is 11.1 Å². The highest BCUT2D eigenvalue weighted by atomic mass is 32.2. The predicted molar refractivity (Wildman–Crippen MR) is 100 cm³/mol. The van der Waals surface area contributed by atoms with Gasteiger partial charge in [-0.2, -0.15) is 4.98 Å². The molecule has 1 unspecified atom stereocenters. The maximum absolute atomic E-state index is 12.5. The first-order chi connectivity index (χ1) is 11.8. The van der Waals surface area contributed by atoms with E-state index < -0.39 is 0 Å². The first kappa shape index (κ1) is 17.4. The van der Waals surface area contributed by atoms with Crippen molar-refractivity contribution in [2.75, 3.05) is 5.32 Å². The molecule has 0 aliphatic heterocycles. The third-order valence-electron chi connectivity index (χ3n) is 3.90. The lowest BCUT2D eigenvalue weighted by molar-refractivity contribution is -0.115. The van der Waals surface area contributed by atoms with Gasteiger partial charge in [0.05, 0.1) is 5.25 Å². The number of carbonyl (C=O) groups is 1. The summed E-state index contributed by atoms with van der Waals surface area (Å²) in [4.78, 5) is 21.3. The van der Waals surface area contributed by atoms with Crippen LogP contribution in [-0.4, -0.2) is 30.7 Å². The minimum Gasteiger partial charge on any atom is -0.325 e. The Kier molecular flexibility index (Phi) is 4.76. The number of amides is 1. The number of hydrogen-bond donors (Lipinski definition) is 1. The van der Waals surface area contributed by atoms with Crippen molar-refractivity contribution in [2.24, 2.45) is 0 Å². The number of rotatable bonds is 4. The summed E-state index contributed by atoms with van der Waals surface area (Å²) in [5.74, 6) is 0.487. The zero-order valence-electron chi connectivity index (χ0n) is 15.0. The van der Waals surface area contributed by atoms with E-state index >= 15 is 0 Å². The molecule has 0 aliphatic carbocycles. The van der Waals surface area contributed by atoms with E-state index in [1.165, 1.54) is 11.8 Å². The lowest BCUT2D eigenvalue weighted by Gasteiger charge is -2.12. The van der Waals surface area contributed by atoms with E-state index in [1.807, 2.05) is 58.9 Å². The molecule has 0 saturated heterocycles. The Bertz CT molecular complexity index is 950. The van der Waals surface area contributed by atoms with E-state index in [-0.39, 0.29) is 11.2 Å². The van der Waals surface area contributed by atoms with Crippen LogP contribution in [0.2, 0.25) is 0 Å². The summed E-state index contributed by atoms with van der Waals surface area (Å²) in [5, 5.41) is 7.65. The van der Waals surface area contributed by atoms with Crippen LogP contribution in [0.3, 0.4) is 0 Å². The topological polar surface area (TPSA) is 72.2 Å². The van der Waals surface area contributed by atoms with E-state index in [0.29, 0.717) is 10.9 Å². The van der Waals surface area contributed by atoms with Crippen molar-refractivity contribution in [3.63, 3.8) is 0 Å². The minimum absolute atomic E-state index is 0.0709. The quantitative estimate of drug-likeness (QED) is 0.726. The number of fused-ring (bicyclic) bond motifs is 1. The van der Waals surface area contributed by atoms with Gasteiger partial charge < -0.3 is 5.32 Å². The summed E-state index contributed by atoms with van der Waals surface area (Å²) in [6.45, 7) is 9.72. The van der Waals surface area contributed by atoms with Crippen molar-refractivity contribution in [2.45, 2.75) is 45.0 Å². The Morgan fingerprint density at radius 2 is 1.92 bits per heavy atom. The normalized spacial score (nSPS) is 12.4. The van der Waals surface area contributed by atoms with Crippen molar-refractivity contribution in [3.8, 4) is 0 Å². The van der Waals surface area contributed by atoms with Gasteiger partial charge in [0.1, 0.15) is 0 Å². The van der Waals surface area contributed by atoms with E-state index in [9.17, 15) is 4.79 Å². The van der Waals surface area contributed by atoms with Gasteiger partial charge in [-0.1, -0.05) is 23.9 Å². The molecule has 6 nitrogen and oxygen atoms in total. The monoisotopic (exact) mass is 355 g/mol. The van der Waals surface area contributed by atoms with Crippen LogP contribution in [0.1, 0.15) is 29.4 Å². The van der Waals surface area contributed by atoms with Crippen LogP contribution in [0.25, 0.3) is 5.78 Å². The third kappa shape index (κ3) is 3.82. The van der Waals surface area contributed by atoms with E-state index in [4.69, 9.17) is 0 Å². The lowest BCUT2D eigenvalue weighted by Crippen LogP contribution is -2.23. The van der Waals surface area contributed by atoms with E-state index in [2.05, 4.69) is 20.4 Å². The standard InChI is InChI=1S/C18H21N5OS/c1-10-6-7-11(2)15(8-10)20-16(24)14(5)25-18-21-17-19-12(3)9-13(4)23(17)22-18/h6-9,14H,1-5H3,(H,20,24). The second kappa shape index (κ2) is 6.84. The largest absolute Gasteiger partial charge is 0.325 e. The van der Waals surface area contributed by atoms with Gasteiger partial charge in [-0.15, -0.1) is 5.10 Å². The molecule has 0 saturated carbocycles. The molecule has 25 heavy (non-hydrogen) atoms. The van der Waals surface area contributed by atoms with Crippen molar-refractivity contribution >= 4 is 29.1 Å². The van der Waals surface area contributed by atoms with Crippen molar-refractivity contribution in [1.29, 1.82) is 0 Å². The average Bonchev–Trinajstić information content (AvgIpc) is 2.93. The number of carbonyl (C=O) groups excluding carboxylic acids is 1. The van der Waals surface area contributed by atoms with Crippen molar-refractivity contribution in [1.82, 2.24) is 19.6 Å². The fraction of sp³-hybridized carbons (Fsp3) is 0.333. The Morgan fingerprint density at radius 3 is 2.68 bits per heavy atom. The molecule has 2 aromatic heterocycles. The molecule has 3 rings (SSSR count). The number of aryl methyl sites for hydroxylation is 4. The van der Waals surface area contributed by atoms with Gasteiger partial charge in [-0.3, -0.25) is 4.79 Å². The molecule has 3 aromatic rings. The maximum Gasteiger partial charge on any atom is 0.253 e. The number of anilines is 1. The highest BCUT2D eigenvalue weighted by molar-refractivity contribution is 8.00. The number of hydrogen-bond acceptors (Lipinski definition) is 5. The molecule has 1 N–H and O–H groups in total. The summed E-state index contributed by atoms with van der Waals surface area (Å²) in [6.07, 6.45) is 0. The molecule has 1 atom stereocenters. The molecule has 0 radical (unpaired) electrons. The Balaban J connectivity index is 1.75. The summed E-state index contributed by atoms with van der Waals surface area (Å²) in [5.41, 5.74) is 4.86. The fourth-order valence-electron chi connectivity index (χ4n) is 2.51. The van der Waals surface area contributed by atoms with Crippen LogP contribution in [0.5, 0.6) is 0 Å². The number of nitrogens with one attached hydrogen (secondary N) is 1. The first-order valence-electron chi connectivity index (χ1n) is 8.09. The van der Waals surface area contributed by atoms with E-state index in [1.54, 1.807) is 4.52 Å². The van der Waals surface area contributed by atoms with Gasteiger partial charge >= 0.3 is 0 Å². The summed E-state index contributed by atoms with van der Waals surface area (Å²) in [6, 6.07) is 7.96. The van der Waals surface area contributed by atoms with Crippen LogP contribution in [-0.2, 0) is 4.79 Å². The van der Waals surface area contributed by atoms with Gasteiger partial charge in [-0.05, 0) is 57.9 Å². The molecular weight excluding hydrogens is 334 g/mol. The molecule has 0 aliphatic rings. The first-order valence-corrected chi connectivity index (χ1v) is 8.97.